The van der Waals surface area contributed by atoms with Crippen molar-refractivity contribution in [2.24, 2.45) is 0 Å². The van der Waals surface area contributed by atoms with Crippen LogP contribution in [-0.4, -0.2) is 10.2 Å². The molecule has 0 aliphatic rings. The lowest BCUT2D eigenvalue weighted by Gasteiger charge is -2.22. The average Bonchev–Trinajstić information content (AvgIpc) is 3.02. The van der Waals surface area contributed by atoms with E-state index >= 15 is 26.3 Å². The van der Waals surface area contributed by atoms with Crippen LogP contribution in [0.2, 0.25) is 0 Å². The van der Waals surface area contributed by atoms with Gasteiger partial charge in [0.2, 0.25) is 0 Å². The number of phenols is 2. The van der Waals surface area contributed by atoms with Gasteiger partial charge in [-0.2, -0.15) is 0 Å². The number of fused-ring (bicyclic) bond motifs is 2. The third-order valence-electron chi connectivity index (χ3n) is 7.23. The van der Waals surface area contributed by atoms with Crippen LogP contribution in [0.15, 0.2) is 60.7 Å². The molecule has 2 nitrogen and oxygen atoms in total. The quantitative estimate of drug-likeness (QED) is 0.118. The van der Waals surface area contributed by atoms with E-state index in [-0.39, 0.29) is 11.1 Å². The summed E-state index contributed by atoms with van der Waals surface area (Å²) in [7, 11) is 0. The van der Waals surface area contributed by atoms with Gasteiger partial charge in [0.05, 0.1) is 21.9 Å². The van der Waals surface area contributed by atoms with Gasteiger partial charge in [0.15, 0.2) is 46.5 Å². The fourth-order valence-electron chi connectivity index (χ4n) is 5.31. The van der Waals surface area contributed by atoms with Gasteiger partial charge in [-0.25, -0.2) is 43.9 Å². The fraction of sp³-hybridized carbons (Fsp3) is 0. The second-order valence-corrected chi connectivity index (χ2v) is 9.57. The molecule has 0 saturated carbocycles. The molecular formula is C32H12F10O2. The molecule has 6 aromatic rings. The van der Waals surface area contributed by atoms with Crippen molar-refractivity contribution >= 4 is 21.5 Å². The van der Waals surface area contributed by atoms with Crippen LogP contribution in [0.5, 0.6) is 11.5 Å². The molecule has 0 atom stereocenters. The highest BCUT2D eigenvalue weighted by molar-refractivity contribution is 6.15. The summed E-state index contributed by atoms with van der Waals surface area (Å²) >= 11 is 0. The highest BCUT2D eigenvalue weighted by Crippen LogP contribution is 2.55. The van der Waals surface area contributed by atoms with Crippen molar-refractivity contribution < 1.29 is 54.1 Å². The van der Waals surface area contributed by atoms with Crippen LogP contribution >= 0.6 is 0 Å². The maximum atomic E-state index is 15.9. The molecule has 0 amide bonds. The molecule has 0 radical (unpaired) electrons. The van der Waals surface area contributed by atoms with Crippen molar-refractivity contribution in [2.75, 3.05) is 0 Å². The number of aromatic hydroxyl groups is 2. The van der Waals surface area contributed by atoms with E-state index in [0.29, 0.717) is 0 Å². The van der Waals surface area contributed by atoms with Gasteiger partial charge in [0.25, 0.3) is 0 Å². The number of hydrogen-bond acceptors (Lipinski definition) is 2. The minimum Gasteiger partial charge on any atom is -0.507 e. The lowest BCUT2D eigenvalue weighted by molar-refractivity contribution is 0.414. The van der Waals surface area contributed by atoms with Crippen LogP contribution < -0.4 is 0 Å². The molecule has 222 valence electrons. The van der Waals surface area contributed by atoms with Gasteiger partial charge < -0.3 is 10.2 Å². The van der Waals surface area contributed by atoms with Crippen LogP contribution in [0.4, 0.5) is 43.9 Å². The SMILES string of the molecule is Oc1c(-c2ccccc2)c(F)c2c(F)c(F)c(F)c(F)c2c1-c1c(O)c(-c2ccccc2)c(F)c2c(F)c(F)c(F)c(F)c12. The van der Waals surface area contributed by atoms with Gasteiger partial charge in [0, 0.05) is 21.9 Å². The summed E-state index contributed by atoms with van der Waals surface area (Å²) in [6, 6.07) is 12.6. The van der Waals surface area contributed by atoms with Gasteiger partial charge in [-0.3, -0.25) is 0 Å². The second-order valence-electron chi connectivity index (χ2n) is 9.57. The molecule has 2 N–H and O–H groups in total. The Kier molecular flexibility index (Phi) is 6.67. The Balaban J connectivity index is 2.00. The van der Waals surface area contributed by atoms with Gasteiger partial charge in [-0.1, -0.05) is 60.7 Å². The first-order valence-electron chi connectivity index (χ1n) is 12.4. The van der Waals surface area contributed by atoms with Gasteiger partial charge in [-0.15, -0.1) is 0 Å². The van der Waals surface area contributed by atoms with Crippen molar-refractivity contribution in [2.45, 2.75) is 0 Å². The molecule has 0 aliphatic carbocycles. The van der Waals surface area contributed by atoms with Gasteiger partial charge in [0.1, 0.15) is 23.1 Å². The Hall–Kier alpha value is -5.26. The zero-order chi connectivity index (χ0) is 31.8. The number of halogens is 10. The van der Waals surface area contributed by atoms with Gasteiger partial charge in [-0.05, 0) is 11.1 Å². The number of hydrogen-bond donors (Lipinski definition) is 2. The second kappa shape index (κ2) is 10.2. The molecule has 44 heavy (non-hydrogen) atoms. The Morgan fingerprint density at radius 3 is 0.864 bits per heavy atom. The van der Waals surface area contributed by atoms with Crippen LogP contribution in [-0.2, 0) is 0 Å². The normalized spacial score (nSPS) is 11.6. The van der Waals surface area contributed by atoms with E-state index in [1.165, 1.54) is 36.4 Å². The summed E-state index contributed by atoms with van der Waals surface area (Å²) in [6.45, 7) is 0. The van der Waals surface area contributed by atoms with Crippen molar-refractivity contribution in [1.82, 2.24) is 0 Å². The molecule has 0 unspecified atom stereocenters. The molecule has 12 heteroatoms. The maximum Gasteiger partial charge on any atom is 0.198 e. The smallest absolute Gasteiger partial charge is 0.198 e. The molecule has 0 saturated heterocycles. The Labute approximate surface area is 239 Å². The highest BCUT2D eigenvalue weighted by Gasteiger charge is 2.36. The zero-order valence-corrected chi connectivity index (χ0v) is 21.4. The predicted octanol–water partition coefficient (Wildman–Crippen LogP) is 9.80. The number of rotatable bonds is 3. The summed E-state index contributed by atoms with van der Waals surface area (Å²) in [5.74, 6) is -26.1. The fourth-order valence-corrected chi connectivity index (χ4v) is 5.31. The first-order chi connectivity index (χ1) is 20.9. The predicted molar refractivity (Wildman–Crippen MR) is 141 cm³/mol. The number of benzene rings is 6. The van der Waals surface area contributed by atoms with Crippen LogP contribution in [0.1, 0.15) is 0 Å². The van der Waals surface area contributed by atoms with E-state index in [2.05, 4.69) is 0 Å². The molecule has 0 heterocycles. The Bertz CT molecular complexity index is 2030. The van der Waals surface area contributed by atoms with Crippen LogP contribution in [0, 0.1) is 58.2 Å². The van der Waals surface area contributed by atoms with Crippen molar-refractivity contribution in [3.05, 3.63) is 119 Å². The van der Waals surface area contributed by atoms with E-state index < -0.39 is 113 Å². The minimum absolute atomic E-state index is 0.298. The molecule has 0 bridgehead atoms. The summed E-state index contributed by atoms with van der Waals surface area (Å²) < 4.78 is 151. The molecule has 0 fully saturated rings. The lowest BCUT2D eigenvalue weighted by atomic mass is 9.85. The maximum absolute atomic E-state index is 15.9. The third-order valence-corrected chi connectivity index (χ3v) is 7.23. The van der Waals surface area contributed by atoms with Crippen LogP contribution in [0.25, 0.3) is 54.9 Å². The first kappa shape index (κ1) is 28.8. The zero-order valence-electron chi connectivity index (χ0n) is 21.4. The Morgan fingerprint density at radius 2 is 0.568 bits per heavy atom. The van der Waals surface area contributed by atoms with Crippen molar-refractivity contribution in [1.29, 1.82) is 0 Å². The summed E-state index contributed by atoms with van der Waals surface area (Å²) in [4.78, 5) is 0. The van der Waals surface area contributed by atoms with Crippen molar-refractivity contribution in [3.8, 4) is 44.9 Å². The number of phenolic OH excluding ortho intramolecular Hbond substituents is 2. The van der Waals surface area contributed by atoms with E-state index in [9.17, 15) is 27.8 Å². The molecule has 6 aromatic carbocycles. The highest BCUT2D eigenvalue weighted by atomic mass is 19.2. The van der Waals surface area contributed by atoms with Crippen molar-refractivity contribution in [3.63, 3.8) is 0 Å². The largest absolute Gasteiger partial charge is 0.507 e. The van der Waals surface area contributed by atoms with E-state index in [1.807, 2.05) is 0 Å². The summed E-state index contributed by atoms with van der Waals surface area (Å²) in [5, 5.41) is 16.2. The third kappa shape index (κ3) is 3.83. The van der Waals surface area contributed by atoms with E-state index in [0.717, 1.165) is 24.3 Å². The summed E-state index contributed by atoms with van der Waals surface area (Å²) in [6.07, 6.45) is 0. The first-order valence-corrected chi connectivity index (χ1v) is 12.4. The van der Waals surface area contributed by atoms with E-state index in [1.54, 1.807) is 0 Å². The molecule has 0 aliphatic heterocycles. The monoisotopic (exact) mass is 618 g/mol. The summed E-state index contributed by atoms with van der Waals surface area (Å²) in [5.41, 5.74) is -5.49. The average molecular weight is 618 g/mol. The van der Waals surface area contributed by atoms with Crippen LogP contribution in [0.3, 0.4) is 0 Å². The molecular weight excluding hydrogens is 606 g/mol. The van der Waals surface area contributed by atoms with E-state index in [4.69, 9.17) is 0 Å². The lowest BCUT2D eigenvalue weighted by Crippen LogP contribution is -2.06. The molecule has 0 aromatic heterocycles. The Morgan fingerprint density at radius 1 is 0.295 bits per heavy atom. The minimum atomic E-state index is -2.54. The molecule has 0 spiro atoms. The standard InChI is InChI=1S/C32H12F10O2/c33-21-13(11-7-3-1-4-8-11)31(43)17(15-19(21)25(37)29(41)27(39)23(15)35)18-16-20(26(38)30(42)28(40)24(16)36)22(34)14(32(18)44)12-9-5-2-6-10-12/h1-10,43-44H. The van der Waals surface area contributed by atoms with Gasteiger partial charge >= 0.3 is 0 Å². The molecule has 6 rings (SSSR count). The topological polar surface area (TPSA) is 40.5 Å².